The molecule has 1 rings (SSSR count). The molecule has 0 saturated carbocycles. The number of aromatic nitrogens is 1. The second kappa shape index (κ2) is 6.69. The molecule has 16 heavy (non-hydrogen) atoms. The molecule has 0 aromatic carbocycles. The maximum Gasteiger partial charge on any atom is 0.208 e. The van der Waals surface area contributed by atoms with E-state index >= 15 is 0 Å². The maximum atomic E-state index is 5.66. The molecule has 0 spiro atoms. The van der Waals surface area contributed by atoms with Crippen molar-refractivity contribution < 1.29 is 4.42 Å². The number of rotatable bonds is 7. The first-order valence-corrected chi connectivity index (χ1v) is 6.26. The number of hydrogen-bond donors (Lipinski definition) is 1. The molecule has 1 unspecified atom stereocenters. The zero-order valence-electron chi connectivity index (χ0n) is 10.9. The molecule has 0 bridgehead atoms. The molecule has 0 saturated heterocycles. The zero-order chi connectivity index (χ0) is 12.0. The molecule has 0 aliphatic carbocycles. The van der Waals surface area contributed by atoms with E-state index in [1.165, 1.54) is 6.42 Å². The third-order valence-corrected chi connectivity index (χ3v) is 2.68. The fourth-order valence-corrected chi connectivity index (χ4v) is 1.48. The first-order chi connectivity index (χ1) is 7.61. The Morgan fingerprint density at radius 2 is 2.12 bits per heavy atom. The molecule has 0 fully saturated rings. The van der Waals surface area contributed by atoms with Gasteiger partial charge >= 0.3 is 0 Å². The Bertz CT molecular complexity index is 294. The fraction of sp³-hybridized carbons (Fsp3) is 0.769. The summed E-state index contributed by atoms with van der Waals surface area (Å²) >= 11 is 0. The van der Waals surface area contributed by atoms with E-state index in [2.05, 4.69) is 38.0 Å². The van der Waals surface area contributed by atoms with Gasteiger partial charge in [-0.25, -0.2) is 4.98 Å². The van der Waals surface area contributed by atoms with Crippen molar-refractivity contribution in [3.63, 3.8) is 0 Å². The quantitative estimate of drug-likeness (QED) is 0.773. The van der Waals surface area contributed by atoms with Crippen LogP contribution in [0.15, 0.2) is 10.6 Å². The monoisotopic (exact) mass is 224 g/mol. The first-order valence-electron chi connectivity index (χ1n) is 6.26. The van der Waals surface area contributed by atoms with Crippen molar-refractivity contribution in [2.24, 2.45) is 11.8 Å². The van der Waals surface area contributed by atoms with Crippen molar-refractivity contribution in [1.82, 2.24) is 10.3 Å². The van der Waals surface area contributed by atoms with E-state index in [1.54, 1.807) is 0 Å². The Kier molecular flexibility index (Phi) is 5.53. The van der Waals surface area contributed by atoms with Crippen molar-refractivity contribution >= 4 is 0 Å². The van der Waals surface area contributed by atoms with Crippen molar-refractivity contribution in [3.05, 3.63) is 17.8 Å². The minimum absolute atomic E-state index is 0.662. The third-order valence-electron chi connectivity index (χ3n) is 2.68. The highest BCUT2D eigenvalue weighted by molar-refractivity contribution is 4.95. The number of nitrogens with zero attached hydrogens (tertiary/aromatic N) is 1. The molecule has 1 atom stereocenters. The van der Waals surface area contributed by atoms with Crippen molar-refractivity contribution in [2.45, 2.75) is 47.1 Å². The van der Waals surface area contributed by atoms with Gasteiger partial charge in [0.1, 0.15) is 5.76 Å². The molecule has 1 aromatic heterocycles. The highest BCUT2D eigenvalue weighted by Gasteiger charge is 2.07. The van der Waals surface area contributed by atoms with E-state index < -0.39 is 0 Å². The Balaban J connectivity index is 2.33. The lowest BCUT2D eigenvalue weighted by molar-refractivity contribution is 0.402. The van der Waals surface area contributed by atoms with Crippen LogP contribution in [0.4, 0.5) is 0 Å². The summed E-state index contributed by atoms with van der Waals surface area (Å²) in [6.45, 7) is 10.6. The highest BCUT2D eigenvalue weighted by Crippen LogP contribution is 2.12. The van der Waals surface area contributed by atoms with Crippen LogP contribution in [0.3, 0.4) is 0 Å². The van der Waals surface area contributed by atoms with E-state index in [1.807, 2.05) is 6.20 Å². The van der Waals surface area contributed by atoms with Gasteiger partial charge in [-0.05, 0) is 18.4 Å². The van der Waals surface area contributed by atoms with E-state index in [0.29, 0.717) is 11.8 Å². The van der Waals surface area contributed by atoms with Crippen LogP contribution in [0.25, 0.3) is 0 Å². The summed E-state index contributed by atoms with van der Waals surface area (Å²) in [7, 11) is 0. The van der Waals surface area contributed by atoms with Gasteiger partial charge in [-0.15, -0.1) is 0 Å². The van der Waals surface area contributed by atoms with Crippen LogP contribution in [0.5, 0.6) is 0 Å². The van der Waals surface area contributed by atoms with Gasteiger partial charge in [0.05, 0.1) is 12.7 Å². The molecule has 3 heteroatoms. The topological polar surface area (TPSA) is 38.1 Å². The molecule has 1 aromatic rings. The molecule has 92 valence electrons. The van der Waals surface area contributed by atoms with Gasteiger partial charge in [-0.2, -0.15) is 0 Å². The second-order valence-electron chi connectivity index (χ2n) is 4.96. The molecule has 0 aliphatic heterocycles. The SMILES string of the molecule is CCC(C)Cc1cnc(CNCC(C)C)o1. The lowest BCUT2D eigenvalue weighted by Crippen LogP contribution is -2.19. The van der Waals surface area contributed by atoms with E-state index in [0.717, 1.165) is 31.2 Å². The van der Waals surface area contributed by atoms with Crippen LogP contribution >= 0.6 is 0 Å². The van der Waals surface area contributed by atoms with E-state index in [9.17, 15) is 0 Å². The Labute approximate surface area is 98.6 Å². The van der Waals surface area contributed by atoms with Crippen LogP contribution in [-0.2, 0) is 13.0 Å². The van der Waals surface area contributed by atoms with Gasteiger partial charge in [0, 0.05) is 6.42 Å². The Hall–Kier alpha value is -0.830. The number of hydrogen-bond acceptors (Lipinski definition) is 3. The van der Waals surface area contributed by atoms with Gasteiger partial charge in [0.2, 0.25) is 5.89 Å². The molecule has 0 aliphatic rings. The normalized spacial score (nSPS) is 13.3. The van der Waals surface area contributed by atoms with Gasteiger partial charge in [0.25, 0.3) is 0 Å². The van der Waals surface area contributed by atoms with Crippen molar-refractivity contribution in [2.75, 3.05) is 6.54 Å². The Morgan fingerprint density at radius 1 is 1.38 bits per heavy atom. The van der Waals surface area contributed by atoms with Crippen LogP contribution in [0.1, 0.15) is 45.8 Å². The van der Waals surface area contributed by atoms with E-state index in [-0.39, 0.29) is 0 Å². The Morgan fingerprint density at radius 3 is 2.75 bits per heavy atom. The lowest BCUT2D eigenvalue weighted by Gasteiger charge is -2.05. The van der Waals surface area contributed by atoms with E-state index in [4.69, 9.17) is 4.42 Å². The number of nitrogens with one attached hydrogen (secondary N) is 1. The fourth-order valence-electron chi connectivity index (χ4n) is 1.48. The van der Waals surface area contributed by atoms with Crippen LogP contribution in [-0.4, -0.2) is 11.5 Å². The van der Waals surface area contributed by atoms with Crippen LogP contribution < -0.4 is 5.32 Å². The van der Waals surface area contributed by atoms with Gasteiger partial charge in [0.15, 0.2) is 0 Å². The standard InChI is InChI=1S/C13H24N2O/c1-5-11(4)6-12-8-15-13(16-12)9-14-7-10(2)3/h8,10-11,14H,5-7,9H2,1-4H3. The maximum absolute atomic E-state index is 5.66. The number of oxazole rings is 1. The summed E-state index contributed by atoms with van der Waals surface area (Å²) in [5, 5.41) is 3.33. The van der Waals surface area contributed by atoms with Crippen molar-refractivity contribution in [1.29, 1.82) is 0 Å². The zero-order valence-corrected chi connectivity index (χ0v) is 10.9. The van der Waals surface area contributed by atoms with Gasteiger partial charge < -0.3 is 9.73 Å². The minimum Gasteiger partial charge on any atom is -0.444 e. The second-order valence-corrected chi connectivity index (χ2v) is 4.96. The summed E-state index contributed by atoms with van der Waals surface area (Å²) in [5.41, 5.74) is 0. The average Bonchev–Trinajstić information content (AvgIpc) is 2.65. The summed E-state index contributed by atoms with van der Waals surface area (Å²) < 4.78 is 5.66. The molecule has 1 heterocycles. The largest absolute Gasteiger partial charge is 0.444 e. The first kappa shape index (κ1) is 13.2. The van der Waals surface area contributed by atoms with Crippen LogP contribution in [0, 0.1) is 11.8 Å². The minimum atomic E-state index is 0.662. The summed E-state index contributed by atoms with van der Waals surface area (Å²) in [6.07, 6.45) is 4.04. The summed E-state index contributed by atoms with van der Waals surface area (Å²) in [6, 6.07) is 0. The van der Waals surface area contributed by atoms with Gasteiger partial charge in [-0.1, -0.05) is 34.1 Å². The summed E-state index contributed by atoms with van der Waals surface area (Å²) in [4.78, 5) is 4.27. The third kappa shape index (κ3) is 4.79. The molecule has 3 nitrogen and oxygen atoms in total. The predicted octanol–water partition coefficient (Wildman–Crippen LogP) is 3.01. The molecule has 0 radical (unpaired) electrons. The summed E-state index contributed by atoms with van der Waals surface area (Å²) in [5.74, 6) is 3.15. The molecule has 1 N–H and O–H groups in total. The molecular formula is C13H24N2O. The highest BCUT2D eigenvalue weighted by atomic mass is 16.4. The lowest BCUT2D eigenvalue weighted by atomic mass is 10.0. The molecular weight excluding hydrogens is 200 g/mol. The smallest absolute Gasteiger partial charge is 0.208 e. The predicted molar refractivity (Wildman–Crippen MR) is 66.2 cm³/mol. The van der Waals surface area contributed by atoms with Crippen molar-refractivity contribution in [3.8, 4) is 0 Å². The average molecular weight is 224 g/mol. The molecule has 0 amide bonds. The van der Waals surface area contributed by atoms with Crippen LogP contribution in [0.2, 0.25) is 0 Å². The van der Waals surface area contributed by atoms with Gasteiger partial charge in [-0.3, -0.25) is 0 Å².